The molecule has 0 radical (unpaired) electrons. The first-order chi connectivity index (χ1) is 13.0. The molecule has 1 aromatic heterocycles. The number of aryl methyl sites for hydroxylation is 1. The van der Waals surface area contributed by atoms with Crippen molar-refractivity contribution in [2.75, 3.05) is 13.7 Å². The standard InChI is InChI=1S/C20H18FNO5/c1-12-15-9-14(21)7-8-17(15)27-19(12)20(24)26-11-18(23)22-10-13-5-3-4-6-16(13)25-2/h3-9H,10-11H2,1-2H3,(H,22,23). The van der Waals surface area contributed by atoms with Crippen molar-refractivity contribution >= 4 is 22.8 Å². The third kappa shape index (κ3) is 4.08. The maximum atomic E-state index is 13.3. The lowest BCUT2D eigenvalue weighted by molar-refractivity contribution is -0.124. The topological polar surface area (TPSA) is 77.8 Å². The van der Waals surface area contributed by atoms with Crippen LogP contribution in [0.5, 0.6) is 5.75 Å². The van der Waals surface area contributed by atoms with Crippen LogP contribution in [0.3, 0.4) is 0 Å². The van der Waals surface area contributed by atoms with Gasteiger partial charge in [-0.15, -0.1) is 0 Å². The van der Waals surface area contributed by atoms with Crippen LogP contribution >= 0.6 is 0 Å². The Morgan fingerprint density at radius 1 is 1.19 bits per heavy atom. The monoisotopic (exact) mass is 371 g/mol. The van der Waals surface area contributed by atoms with Gasteiger partial charge in [0.25, 0.3) is 5.91 Å². The molecule has 6 nitrogen and oxygen atoms in total. The van der Waals surface area contributed by atoms with Crippen LogP contribution in [0.4, 0.5) is 4.39 Å². The van der Waals surface area contributed by atoms with E-state index in [0.29, 0.717) is 22.3 Å². The van der Waals surface area contributed by atoms with Gasteiger partial charge in [0, 0.05) is 23.1 Å². The quantitative estimate of drug-likeness (QED) is 0.672. The number of methoxy groups -OCH3 is 1. The van der Waals surface area contributed by atoms with Gasteiger partial charge in [0.05, 0.1) is 7.11 Å². The highest BCUT2D eigenvalue weighted by Gasteiger charge is 2.20. The number of esters is 1. The SMILES string of the molecule is COc1ccccc1CNC(=O)COC(=O)c1oc2ccc(F)cc2c1C. The second-order valence-corrected chi connectivity index (χ2v) is 5.86. The van der Waals surface area contributed by atoms with E-state index < -0.39 is 24.3 Å². The molecule has 140 valence electrons. The van der Waals surface area contributed by atoms with E-state index in [4.69, 9.17) is 13.9 Å². The van der Waals surface area contributed by atoms with Crippen LogP contribution in [-0.4, -0.2) is 25.6 Å². The summed E-state index contributed by atoms with van der Waals surface area (Å²) in [6, 6.07) is 11.2. The predicted octanol–water partition coefficient (Wildman–Crippen LogP) is 3.36. The zero-order chi connectivity index (χ0) is 19.4. The molecule has 3 rings (SSSR count). The number of carbonyl (C=O) groups excluding carboxylic acids is 2. The summed E-state index contributed by atoms with van der Waals surface area (Å²) in [5.41, 5.74) is 1.64. The Morgan fingerprint density at radius 3 is 2.74 bits per heavy atom. The van der Waals surface area contributed by atoms with Crippen LogP contribution in [0.25, 0.3) is 11.0 Å². The average molecular weight is 371 g/mol. The number of nitrogens with one attached hydrogen (secondary N) is 1. The van der Waals surface area contributed by atoms with E-state index in [1.807, 2.05) is 18.2 Å². The number of hydrogen-bond donors (Lipinski definition) is 1. The Morgan fingerprint density at radius 2 is 1.96 bits per heavy atom. The van der Waals surface area contributed by atoms with Gasteiger partial charge in [-0.2, -0.15) is 0 Å². The first kappa shape index (κ1) is 18.4. The normalized spacial score (nSPS) is 10.6. The molecular weight excluding hydrogens is 353 g/mol. The number of rotatable bonds is 6. The Hall–Kier alpha value is -3.35. The number of halogens is 1. The van der Waals surface area contributed by atoms with Gasteiger partial charge in [-0.25, -0.2) is 9.18 Å². The molecule has 1 N–H and O–H groups in total. The van der Waals surface area contributed by atoms with E-state index in [2.05, 4.69) is 5.32 Å². The molecule has 1 heterocycles. The summed E-state index contributed by atoms with van der Waals surface area (Å²) in [5.74, 6) is -1.07. The highest BCUT2D eigenvalue weighted by atomic mass is 19.1. The molecule has 3 aromatic rings. The summed E-state index contributed by atoms with van der Waals surface area (Å²) in [4.78, 5) is 24.1. The minimum Gasteiger partial charge on any atom is -0.496 e. The molecule has 0 spiro atoms. The molecule has 0 fully saturated rings. The summed E-state index contributed by atoms with van der Waals surface area (Å²) in [7, 11) is 1.55. The first-order valence-corrected chi connectivity index (χ1v) is 8.24. The van der Waals surface area contributed by atoms with E-state index in [-0.39, 0.29) is 12.3 Å². The maximum Gasteiger partial charge on any atom is 0.375 e. The summed E-state index contributed by atoms with van der Waals surface area (Å²) in [5, 5.41) is 3.14. The smallest absolute Gasteiger partial charge is 0.375 e. The molecule has 0 aliphatic rings. The van der Waals surface area contributed by atoms with E-state index >= 15 is 0 Å². The number of para-hydroxylation sites is 1. The van der Waals surface area contributed by atoms with Crippen LogP contribution in [0.2, 0.25) is 0 Å². The van der Waals surface area contributed by atoms with Gasteiger partial charge in [0.15, 0.2) is 6.61 Å². The van der Waals surface area contributed by atoms with Crippen LogP contribution in [0, 0.1) is 12.7 Å². The molecule has 7 heteroatoms. The second-order valence-electron chi connectivity index (χ2n) is 5.86. The predicted molar refractivity (Wildman–Crippen MR) is 96.0 cm³/mol. The summed E-state index contributed by atoms with van der Waals surface area (Å²) in [6.07, 6.45) is 0. The number of amides is 1. The Labute approximate surface area is 154 Å². The highest BCUT2D eigenvalue weighted by Crippen LogP contribution is 2.26. The number of carbonyl (C=O) groups is 2. The lowest BCUT2D eigenvalue weighted by Crippen LogP contribution is -2.28. The number of ether oxygens (including phenoxy) is 2. The van der Waals surface area contributed by atoms with Crippen LogP contribution in [0.15, 0.2) is 46.9 Å². The molecule has 0 aliphatic carbocycles. The number of benzene rings is 2. The van der Waals surface area contributed by atoms with E-state index in [9.17, 15) is 14.0 Å². The average Bonchev–Trinajstić information content (AvgIpc) is 3.00. The van der Waals surface area contributed by atoms with Crippen molar-refractivity contribution in [3.63, 3.8) is 0 Å². The molecule has 0 unspecified atom stereocenters. The Kier molecular flexibility index (Phi) is 5.40. The molecule has 2 aromatic carbocycles. The van der Waals surface area contributed by atoms with Crippen LogP contribution in [-0.2, 0) is 16.1 Å². The van der Waals surface area contributed by atoms with Gasteiger partial charge in [-0.05, 0) is 31.2 Å². The third-order valence-electron chi connectivity index (χ3n) is 4.09. The highest BCUT2D eigenvalue weighted by molar-refractivity contribution is 5.96. The van der Waals surface area contributed by atoms with Gasteiger partial charge in [0.1, 0.15) is 17.1 Å². The summed E-state index contributed by atoms with van der Waals surface area (Å²) < 4.78 is 29.0. The van der Waals surface area contributed by atoms with Crippen molar-refractivity contribution in [2.45, 2.75) is 13.5 Å². The van der Waals surface area contributed by atoms with E-state index in [0.717, 1.165) is 5.56 Å². The minimum atomic E-state index is -0.781. The molecule has 0 atom stereocenters. The fourth-order valence-electron chi connectivity index (χ4n) is 2.68. The van der Waals surface area contributed by atoms with E-state index in [1.165, 1.54) is 18.2 Å². The number of fused-ring (bicyclic) bond motifs is 1. The number of furan rings is 1. The van der Waals surface area contributed by atoms with Gasteiger partial charge in [-0.1, -0.05) is 18.2 Å². The molecule has 0 saturated carbocycles. The Bertz CT molecular complexity index is 995. The van der Waals surface area contributed by atoms with Crippen molar-refractivity contribution in [3.05, 3.63) is 65.2 Å². The fraction of sp³-hybridized carbons (Fsp3) is 0.200. The first-order valence-electron chi connectivity index (χ1n) is 8.24. The Balaban J connectivity index is 1.59. The van der Waals surface area contributed by atoms with Crippen molar-refractivity contribution < 1.29 is 27.9 Å². The summed E-state index contributed by atoms with van der Waals surface area (Å²) in [6.45, 7) is 1.41. The maximum absolute atomic E-state index is 13.3. The molecular formula is C20H18FNO5. The zero-order valence-corrected chi connectivity index (χ0v) is 14.9. The van der Waals surface area contributed by atoms with Gasteiger partial charge in [-0.3, -0.25) is 4.79 Å². The van der Waals surface area contributed by atoms with Crippen molar-refractivity contribution in [2.24, 2.45) is 0 Å². The summed E-state index contributed by atoms with van der Waals surface area (Å²) >= 11 is 0. The lowest BCUT2D eigenvalue weighted by Gasteiger charge is -2.09. The lowest BCUT2D eigenvalue weighted by atomic mass is 10.1. The van der Waals surface area contributed by atoms with E-state index in [1.54, 1.807) is 20.1 Å². The molecule has 1 amide bonds. The minimum absolute atomic E-state index is 0.0480. The molecule has 0 bridgehead atoms. The van der Waals surface area contributed by atoms with Crippen LogP contribution in [0.1, 0.15) is 21.7 Å². The third-order valence-corrected chi connectivity index (χ3v) is 4.09. The van der Waals surface area contributed by atoms with Crippen molar-refractivity contribution in [1.82, 2.24) is 5.32 Å². The molecule has 0 saturated heterocycles. The van der Waals surface area contributed by atoms with Gasteiger partial charge in [0.2, 0.25) is 5.76 Å². The van der Waals surface area contributed by atoms with Gasteiger partial charge < -0.3 is 19.2 Å². The molecule has 0 aliphatic heterocycles. The fourth-order valence-corrected chi connectivity index (χ4v) is 2.68. The van der Waals surface area contributed by atoms with Crippen LogP contribution < -0.4 is 10.1 Å². The number of hydrogen-bond acceptors (Lipinski definition) is 5. The largest absolute Gasteiger partial charge is 0.496 e. The zero-order valence-electron chi connectivity index (χ0n) is 14.9. The van der Waals surface area contributed by atoms with Gasteiger partial charge >= 0.3 is 5.97 Å². The second kappa shape index (κ2) is 7.90. The molecule has 27 heavy (non-hydrogen) atoms. The van der Waals surface area contributed by atoms with Crippen molar-refractivity contribution in [1.29, 1.82) is 0 Å². The van der Waals surface area contributed by atoms with Crippen molar-refractivity contribution in [3.8, 4) is 5.75 Å².